The van der Waals surface area contributed by atoms with Crippen molar-refractivity contribution in [3.05, 3.63) is 48.0 Å². The van der Waals surface area contributed by atoms with Crippen molar-refractivity contribution in [1.82, 2.24) is 14.9 Å². The van der Waals surface area contributed by atoms with Gasteiger partial charge in [0.2, 0.25) is 0 Å². The molecule has 1 unspecified atom stereocenters. The van der Waals surface area contributed by atoms with Gasteiger partial charge in [-0.15, -0.1) is 0 Å². The maximum Gasteiger partial charge on any atom is 0.260 e. The summed E-state index contributed by atoms with van der Waals surface area (Å²) in [5.41, 5.74) is 2.79. The van der Waals surface area contributed by atoms with Gasteiger partial charge in [0.15, 0.2) is 6.10 Å². The summed E-state index contributed by atoms with van der Waals surface area (Å²) in [7, 11) is 0. The van der Waals surface area contributed by atoms with E-state index in [9.17, 15) is 4.79 Å². The molecule has 5 heteroatoms. The van der Waals surface area contributed by atoms with Gasteiger partial charge in [0.25, 0.3) is 5.91 Å². The Morgan fingerprint density at radius 1 is 1.33 bits per heavy atom. The molecule has 1 aliphatic rings. The van der Waals surface area contributed by atoms with Crippen molar-refractivity contribution in [2.75, 3.05) is 6.54 Å². The molecule has 1 atom stereocenters. The summed E-state index contributed by atoms with van der Waals surface area (Å²) >= 11 is 0. The Labute approximate surface area is 143 Å². The number of benzene rings is 1. The zero-order valence-electron chi connectivity index (χ0n) is 14.2. The number of fused-ring (bicyclic) bond motifs is 1. The zero-order chi connectivity index (χ0) is 16.8. The second-order valence-electron chi connectivity index (χ2n) is 6.34. The number of aryl methyl sites for hydroxylation is 3. The number of amides is 1. The number of rotatable bonds is 7. The highest BCUT2D eigenvalue weighted by molar-refractivity contribution is 5.80. The minimum atomic E-state index is -0.486. The molecule has 24 heavy (non-hydrogen) atoms. The van der Waals surface area contributed by atoms with Crippen LogP contribution < -0.4 is 10.1 Å². The first-order chi connectivity index (χ1) is 11.7. The minimum absolute atomic E-state index is 0.0710. The number of hydrogen-bond acceptors (Lipinski definition) is 3. The van der Waals surface area contributed by atoms with Crippen molar-refractivity contribution < 1.29 is 9.53 Å². The molecule has 5 nitrogen and oxygen atoms in total. The third-order valence-electron chi connectivity index (χ3n) is 4.45. The molecule has 128 valence electrons. The summed E-state index contributed by atoms with van der Waals surface area (Å²) in [4.78, 5) is 16.1. The molecule has 0 radical (unpaired) electrons. The lowest BCUT2D eigenvalue weighted by molar-refractivity contribution is -0.127. The average Bonchev–Trinajstić information content (AvgIpc) is 3.12. The first kappa shape index (κ1) is 16.6. The molecule has 1 N–H and O–H groups in total. The maximum atomic E-state index is 12.1. The Bertz CT molecular complexity index is 667. The Balaban J connectivity index is 1.43. The lowest BCUT2D eigenvalue weighted by Gasteiger charge is -2.19. The van der Waals surface area contributed by atoms with E-state index in [0.29, 0.717) is 6.54 Å². The molecule has 1 aromatic heterocycles. The molecule has 2 aromatic rings. The van der Waals surface area contributed by atoms with Crippen molar-refractivity contribution >= 4 is 5.91 Å². The van der Waals surface area contributed by atoms with Crippen LogP contribution in [0, 0.1) is 0 Å². The molecular weight excluding hydrogens is 302 g/mol. The third-order valence-corrected chi connectivity index (χ3v) is 4.45. The van der Waals surface area contributed by atoms with Crippen LogP contribution in [0.15, 0.2) is 36.9 Å². The van der Waals surface area contributed by atoms with Crippen molar-refractivity contribution in [1.29, 1.82) is 0 Å². The van der Waals surface area contributed by atoms with Gasteiger partial charge in [0.1, 0.15) is 5.75 Å². The molecule has 0 saturated heterocycles. The van der Waals surface area contributed by atoms with E-state index in [-0.39, 0.29) is 5.91 Å². The smallest absolute Gasteiger partial charge is 0.260 e. The highest BCUT2D eigenvalue weighted by atomic mass is 16.5. The number of imidazole rings is 1. The number of ether oxygens (including phenoxy) is 1. The van der Waals surface area contributed by atoms with Crippen molar-refractivity contribution in [3.8, 4) is 5.75 Å². The van der Waals surface area contributed by atoms with Crippen LogP contribution in [-0.2, 0) is 24.2 Å². The number of carbonyl (C=O) groups is 1. The molecule has 3 rings (SSSR count). The third kappa shape index (κ3) is 4.37. The second-order valence-corrected chi connectivity index (χ2v) is 6.34. The normalized spacial score (nSPS) is 14.7. The van der Waals surface area contributed by atoms with Crippen LogP contribution in [-0.4, -0.2) is 28.1 Å². The molecule has 0 saturated carbocycles. The van der Waals surface area contributed by atoms with Crippen LogP contribution in [0.4, 0.5) is 0 Å². The molecule has 1 aromatic carbocycles. The maximum absolute atomic E-state index is 12.1. The van der Waals surface area contributed by atoms with E-state index in [1.165, 1.54) is 24.0 Å². The first-order valence-corrected chi connectivity index (χ1v) is 8.74. The van der Waals surface area contributed by atoms with Gasteiger partial charge in [-0.25, -0.2) is 4.98 Å². The van der Waals surface area contributed by atoms with E-state index in [4.69, 9.17) is 4.74 Å². The van der Waals surface area contributed by atoms with Gasteiger partial charge in [-0.1, -0.05) is 6.07 Å². The molecule has 1 heterocycles. The van der Waals surface area contributed by atoms with Crippen molar-refractivity contribution in [3.63, 3.8) is 0 Å². The van der Waals surface area contributed by atoms with Gasteiger partial charge in [-0.2, -0.15) is 0 Å². The standard InChI is InChI=1S/C19H25N3O2/c1-15(19(23)21-9-4-11-22-12-10-20-14-22)24-18-8-7-16-5-2-3-6-17(16)13-18/h7-8,10,12-15H,2-6,9,11H2,1H3,(H,21,23). The molecule has 1 amide bonds. The predicted octanol–water partition coefficient (Wildman–Crippen LogP) is 2.74. The summed E-state index contributed by atoms with van der Waals surface area (Å²) < 4.78 is 7.82. The summed E-state index contributed by atoms with van der Waals surface area (Å²) in [5.74, 6) is 0.718. The molecular formula is C19H25N3O2. The lowest BCUT2D eigenvalue weighted by atomic mass is 9.92. The van der Waals surface area contributed by atoms with Gasteiger partial charge in [-0.3, -0.25) is 4.79 Å². The quantitative estimate of drug-likeness (QED) is 0.796. The van der Waals surface area contributed by atoms with E-state index in [1.807, 2.05) is 16.8 Å². The van der Waals surface area contributed by atoms with Crippen molar-refractivity contribution in [2.45, 2.75) is 51.7 Å². The Morgan fingerprint density at radius 3 is 2.96 bits per heavy atom. The fourth-order valence-electron chi connectivity index (χ4n) is 3.08. The van der Waals surface area contributed by atoms with E-state index >= 15 is 0 Å². The Hall–Kier alpha value is -2.30. The fourth-order valence-corrected chi connectivity index (χ4v) is 3.08. The van der Waals surface area contributed by atoms with Gasteiger partial charge in [-0.05, 0) is 62.3 Å². The molecule has 0 aliphatic heterocycles. The summed E-state index contributed by atoms with van der Waals surface area (Å²) in [5, 5.41) is 2.93. The SMILES string of the molecule is CC(Oc1ccc2c(c1)CCCC2)C(=O)NCCCn1ccnc1. The van der Waals surface area contributed by atoms with Crippen LogP contribution in [0.1, 0.15) is 37.3 Å². The highest BCUT2D eigenvalue weighted by Crippen LogP contribution is 2.25. The summed E-state index contributed by atoms with van der Waals surface area (Å²) in [6, 6.07) is 6.21. The number of carbonyl (C=O) groups excluding carboxylic acids is 1. The molecule has 0 spiro atoms. The van der Waals surface area contributed by atoms with E-state index in [0.717, 1.165) is 31.6 Å². The van der Waals surface area contributed by atoms with Crippen LogP contribution in [0.25, 0.3) is 0 Å². The fraction of sp³-hybridized carbons (Fsp3) is 0.474. The molecule has 0 bridgehead atoms. The summed E-state index contributed by atoms with van der Waals surface area (Å²) in [6.07, 6.45) is 10.6. The molecule has 0 fully saturated rings. The lowest BCUT2D eigenvalue weighted by Crippen LogP contribution is -2.37. The monoisotopic (exact) mass is 327 g/mol. The van der Waals surface area contributed by atoms with Crippen LogP contribution in [0.5, 0.6) is 5.75 Å². The summed E-state index contributed by atoms with van der Waals surface area (Å²) in [6.45, 7) is 3.28. The van der Waals surface area contributed by atoms with Crippen LogP contribution in [0.3, 0.4) is 0 Å². The Morgan fingerprint density at radius 2 is 2.17 bits per heavy atom. The van der Waals surface area contributed by atoms with Crippen LogP contribution in [0.2, 0.25) is 0 Å². The van der Waals surface area contributed by atoms with E-state index in [2.05, 4.69) is 22.4 Å². The number of hydrogen-bond donors (Lipinski definition) is 1. The highest BCUT2D eigenvalue weighted by Gasteiger charge is 2.16. The number of nitrogens with zero attached hydrogens (tertiary/aromatic N) is 2. The number of aromatic nitrogens is 2. The Kier molecular flexibility index (Phi) is 5.51. The van der Waals surface area contributed by atoms with E-state index < -0.39 is 6.10 Å². The second kappa shape index (κ2) is 7.99. The first-order valence-electron chi connectivity index (χ1n) is 8.74. The van der Waals surface area contributed by atoms with Gasteiger partial charge < -0.3 is 14.6 Å². The van der Waals surface area contributed by atoms with Crippen molar-refractivity contribution in [2.24, 2.45) is 0 Å². The van der Waals surface area contributed by atoms with E-state index in [1.54, 1.807) is 19.4 Å². The van der Waals surface area contributed by atoms with Crippen LogP contribution >= 0.6 is 0 Å². The topological polar surface area (TPSA) is 56.1 Å². The average molecular weight is 327 g/mol. The molecule has 1 aliphatic carbocycles. The minimum Gasteiger partial charge on any atom is -0.481 e. The van der Waals surface area contributed by atoms with Gasteiger partial charge in [0.05, 0.1) is 6.33 Å². The predicted molar refractivity (Wildman–Crippen MR) is 93.0 cm³/mol. The van der Waals surface area contributed by atoms with Gasteiger partial charge >= 0.3 is 0 Å². The zero-order valence-corrected chi connectivity index (χ0v) is 14.2. The number of nitrogens with one attached hydrogen (secondary N) is 1. The largest absolute Gasteiger partial charge is 0.481 e. The van der Waals surface area contributed by atoms with Gasteiger partial charge in [0, 0.05) is 25.5 Å².